The summed E-state index contributed by atoms with van der Waals surface area (Å²) in [5, 5.41) is 0. The smallest absolute Gasteiger partial charge is 0.108 e. The summed E-state index contributed by atoms with van der Waals surface area (Å²) in [6.45, 7) is 9.04. The molecule has 0 atom stereocenters. The first-order valence-electron chi connectivity index (χ1n) is 6.87. The van der Waals surface area contributed by atoms with E-state index in [-0.39, 0.29) is 0 Å². The molecule has 0 heterocycles. The minimum atomic E-state index is 0.464. The lowest BCUT2D eigenvalue weighted by atomic mass is 9.89. The second-order valence-electron chi connectivity index (χ2n) is 5.30. The molecule has 0 N–H and O–H groups in total. The van der Waals surface area contributed by atoms with Gasteiger partial charge < -0.3 is 0 Å². The highest BCUT2D eigenvalue weighted by molar-refractivity contribution is 5.75. The minimum absolute atomic E-state index is 0.464. The first-order chi connectivity index (χ1) is 9.54. The molecule has 0 aromatic heterocycles. The topological polar surface area (TPSA) is 18.5 Å². The van der Waals surface area contributed by atoms with Crippen LogP contribution < -0.4 is 0 Å². The maximum Gasteiger partial charge on any atom is 0.108 e. The summed E-state index contributed by atoms with van der Waals surface area (Å²) in [6, 6.07) is 10.8. The molecule has 0 bridgehead atoms. The number of benzene rings is 2. The van der Waals surface area contributed by atoms with Crippen molar-refractivity contribution in [2.24, 2.45) is 0 Å². The molecule has 0 saturated carbocycles. The lowest BCUT2D eigenvalue weighted by molar-refractivity contribution is -0.282. The Morgan fingerprint density at radius 1 is 0.900 bits per heavy atom. The molecule has 0 aliphatic carbocycles. The third-order valence-electron chi connectivity index (χ3n) is 3.68. The zero-order valence-corrected chi connectivity index (χ0v) is 12.9. The summed E-state index contributed by atoms with van der Waals surface area (Å²) in [7, 11) is 1.54. The molecule has 2 aromatic carbocycles. The summed E-state index contributed by atoms with van der Waals surface area (Å²) in [4.78, 5) is 9.94. The van der Waals surface area contributed by atoms with Crippen molar-refractivity contribution in [2.45, 2.75) is 34.3 Å². The van der Waals surface area contributed by atoms with E-state index < -0.39 is 0 Å². The van der Waals surface area contributed by atoms with Crippen LogP contribution in [0.1, 0.15) is 27.8 Å². The monoisotopic (exact) mass is 270 g/mol. The zero-order chi connectivity index (χ0) is 14.7. The van der Waals surface area contributed by atoms with Gasteiger partial charge >= 0.3 is 0 Å². The Morgan fingerprint density at radius 3 is 2.15 bits per heavy atom. The Labute approximate surface area is 121 Å². The average Bonchev–Trinajstić information content (AvgIpc) is 2.36. The van der Waals surface area contributed by atoms with E-state index in [0.717, 1.165) is 0 Å². The van der Waals surface area contributed by atoms with Gasteiger partial charge in [-0.05, 0) is 61.1 Å². The Morgan fingerprint density at radius 2 is 1.55 bits per heavy atom. The van der Waals surface area contributed by atoms with Gasteiger partial charge in [-0.1, -0.05) is 35.9 Å². The van der Waals surface area contributed by atoms with Crippen LogP contribution in [-0.2, 0) is 16.4 Å². The Hall–Kier alpha value is -1.64. The van der Waals surface area contributed by atoms with E-state index in [1.165, 1.54) is 38.9 Å². The quantitative estimate of drug-likeness (QED) is 0.594. The van der Waals surface area contributed by atoms with Gasteiger partial charge in [0, 0.05) is 0 Å². The van der Waals surface area contributed by atoms with Gasteiger partial charge in [0.05, 0.1) is 7.11 Å². The molecule has 20 heavy (non-hydrogen) atoms. The summed E-state index contributed by atoms with van der Waals surface area (Å²) in [5.41, 5.74) is 8.83. The molecule has 0 aliphatic heterocycles. The van der Waals surface area contributed by atoms with E-state index in [2.05, 4.69) is 58.0 Å². The lowest BCUT2D eigenvalue weighted by Gasteiger charge is -2.17. The van der Waals surface area contributed by atoms with E-state index in [1.54, 1.807) is 7.11 Å². The lowest BCUT2D eigenvalue weighted by Crippen LogP contribution is -2.00. The van der Waals surface area contributed by atoms with Crippen LogP contribution in [0.3, 0.4) is 0 Å². The second kappa shape index (κ2) is 6.21. The Kier molecular flexibility index (Phi) is 4.58. The van der Waals surface area contributed by atoms with Crippen LogP contribution >= 0.6 is 0 Å². The van der Waals surface area contributed by atoms with Crippen molar-refractivity contribution >= 4 is 0 Å². The third-order valence-corrected chi connectivity index (χ3v) is 3.68. The Bertz CT molecular complexity index is 592. The molecule has 0 aliphatic rings. The normalized spacial score (nSPS) is 10.8. The van der Waals surface area contributed by atoms with Gasteiger partial charge in [0.15, 0.2) is 0 Å². The maximum absolute atomic E-state index is 5.17. The molecule has 2 nitrogen and oxygen atoms in total. The maximum atomic E-state index is 5.17. The standard InChI is InChI=1S/C18H22O2/c1-12-9-14(3)18(15(4)10-12)16-8-6-7-13(2)17(16)11-20-19-5/h6-10H,11H2,1-5H3. The highest BCUT2D eigenvalue weighted by atomic mass is 17.2. The fourth-order valence-corrected chi connectivity index (χ4v) is 2.85. The first kappa shape index (κ1) is 14.8. The van der Waals surface area contributed by atoms with Gasteiger partial charge in [0.1, 0.15) is 6.61 Å². The van der Waals surface area contributed by atoms with Crippen LogP contribution in [0, 0.1) is 27.7 Å². The predicted molar refractivity (Wildman–Crippen MR) is 82.6 cm³/mol. The first-order valence-corrected chi connectivity index (χ1v) is 6.87. The number of hydrogen-bond acceptors (Lipinski definition) is 2. The largest absolute Gasteiger partial charge is 0.240 e. The second-order valence-corrected chi connectivity index (χ2v) is 5.30. The molecule has 2 rings (SSSR count). The molecule has 0 unspecified atom stereocenters. The van der Waals surface area contributed by atoms with E-state index in [4.69, 9.17) is 9.78 Å². The number of hydrogen-bond donors (Lipinski definition) is 0. The molecule has 0 radical (unpaired) electrons. The summed E-state index contributed by atoms with van der Waals surface area (Å²) in [6.07, 6.45) is 0. The van der Waals surface area contributed by atoms with Crippen LogP contribution in [-0.4, -0.2) is 7.11 Å². The molecule has 0 saturated heterocycles. The minimum Gasteiger partial charge on any atom is -0.240 e. The van der Waals surface area contributed by atoms with Gasteiger partial charge in [-0.3, -0.25) is 0 Å². The van der Waals surface area contributed by atoms with Crippen molar-refractivity contribution in [3.63, 3.8) is 0 Å². The van der Waals surface area contributed by atoms with Gasteiger partial charge in [0.2, 0.25) is 0 Å². The third kappa shape index (κ3) is 2.92. The van der Waals surface area contributed by atoms with Crippen LogP contribution in [0.4, 0.5) is 0 Å². The molecule has 0 fully saturated rings. The molecule has 2 heteroatoms. The van der Waals surface area contributed by atoms with Gasteiger partial charge in [-0.2, -0.15) is 0 Å². The van der Waals surface area contributed by atoms with E-state index in [9.17, 15) is 0 Å². The highest BCUT2D eigenvalue weighted by Gasteiger charge is 2.13. The Balaban J connectivity index is 2.61. The van der Waals surface area contributed by atoms with Crippen LogP contribution in [0.15, 0.2) is 30.3 Å². The molecule has 2 aromatic rings. The average molecular weight is 270 g/mol. The van der Waals surface area contributed by atoms with E-state index in [0.29, 0.717) is 6.61 Å². The SMILES string of the molecule is COOCc1c(C)cccc1-c1c(C)cc(C)cc1C. The molecular weight excluding hydrogens is 248 g/mol. The van der Waals surface area contributed by atoms with Gasteiger partial charge in [-0.15, -0.1) is 0 Å². The van der Waals surface area contributed by atoms with Crippen molar-refractivity contribution in [1.82, 2.24) is 0 Å². The van der Waals surface area contributed by atoms with E-state index in [1.807, 2.05) is 0 Å². The molecule has 106 valence electrons. The molecule has 0 spiro atoms. The fraction of sp³-hybridized carbons (Fsp3) is 0.333. The number of rotatable bonds is 4. The summed E-state index contributed by atoms with van der Waals surface area (Å²) >= 11 is 0. The van der Waals surface area contributed by atoms with E-state index >= 15 is 0 Å². The van der Waals surface area contributed by atoms with Crippen molar-refractivity contribution in [1.29, 1.82) is 0 Å². The zero-order valence-electron chi connectivity index (χ0n) is 12.9. The van der Waals surface area contributed by atoms with Crippen molar-refractivity contribution in [2.75, 3.05) is 7.11 Å². The number of aryl methyl sites for hydroxylation is 4. The van der Waals surface area contributed by atoms with Crippen molar-refractivity contribution in [3.05, 3.63) is 58.1 Å². The van der Waals surface area contributed by atoms with Gasteiger partial charge in [0.25, 0.3) is 0 Å². The van der Waals surface area contributed by atoms with Crippen molar-refractivity contribution < 1.29 is 9.78 Å². The molecule has 0 amide bonds. The van der Waals surface area contributed by atoms with Gasteiger partial charge in [-0.25, -0.2) is 9.78 Å². The fourth-order valence-electron chi connectivity index (χ4n) is 2.85. The predicted octanol–water partition coefficient (Wildman–Crippen LogP) is 4.67. The highest BCUT2D eigenvalue weighted by Crippen LogP contribution is 2.32. The van der Waals surface area contributed by atoms with Crippen LogP contribution in [0.25, 0.3) is 11.1 Å². The van der Waals surface area contributed by atoms with Crippen LogP contribution in [0.5, 0.6) is 0 Å². The molecular formula is C18H22O2. The summed E-state index contributed by atoms with van der Waals surface area (Å²) < 4.78 is 0. The summed E-state index contributed by atoms with van der Waals surface area (Å²) in [5.74, 6) is 0. The van der Waals surface area contributed by atoms with Crippen LogP contribution in [0.2, 0.25) is 0 Å². The van der Waals surface area contributed by atoms with Crippen molar-refractivity contribution in [3.8, 4) is 11.1 Å².